The number of benzene rings is 2. The van der Waals surface area contributed by atoms with Gasteiger partial charge in [-0.3, -0.25) is 4.79 Å². The highest BCUT2D eigenvalue weighted by Gasteiger charge is 2.40. The summed E-state index contributed by atoms with van der Waals surface area (Å²) in [6.45, 7) is 0.570. The van der Waals surface area contributed by atoms with Gasteiger partial charge in [0.15, 0.2) is 6.61 Å². The van der Waals surface area contributed by atoms with E-state index in [-0.39, 0.29) is 19.1 Å². The SMILES string of the molecule is O=C(O)[C@H]1CN(C(=O)OC2=CC=CCC2)C[C@H]1Cc1cccc(OCc2noc(-c3ccccc3)n2)c1. The molecule has 2 heterocycles. The van der Waals surface area contributed by atoms with Gasteiger partial charge in [0, 0.05) is 25.1 Å². The molecule has 0 radical (unpaired) electrons. The van der Waals surface area contributed by atoms with E-state index in [0.717, 1.165) is 17.5 Å². The van der Waals surface area contributed by atoms with Crippen LogP contribution in [0.15, 0.2) is 83.1 Å². The Morgan fingerprint density at radius 3 is 2.76 bits per heavy atom. The average molecular weight is 502 g/mol. The van der Waals surface area contributed by atoms with Crippen LogP contribution in [-0.2, 0) is 22.6 Å². The number of aromatic nitrogens is 2. The number of aliphatic carboxylic acids is 1. The monoisotopic (exact) mass is 501 g/mol. The molecule has 1 fully saturated rings. The first-order valence-corrected chi connectivity index (χ1v) is 12.2. The highest BCUT2D eigenvalue weighted by atomic mass is 16.6. The van der Waals surface area contributed by atoms with Crippen LogP contribution in [0.4, 0.5) is 4.79 Å². The Morgan fingerprint density at radius 2 is 1.97 bits per heavy atom. The number of amides is 1. The molecule has 2 aliphatic rings. The second-order valence-corrected chi connectivity index (χ2v) is 9.10. The molecule has 37 heavy (non-hydrogen) atoms. The fourth-order valence-electron chi connectivity index (χ4n) is 4.57. The van der Waals surface area contributed by atoms with E-state index in [0.29, 0.717) is 42.6 Å². The molecule has 1 aromatic heterocycles. The maximum absolute atomic E-state index is 12.7. The van der Waals surface area contributed by atoms with Crippen molar-refractivity contribution in [3.05, 3.63) is 90.0 Å². The number of likely N-dealkylation sites (tertiary alicyclic amines) is 1. The van der Waals surface area contributed by atoms with E-state index < -0.39 is 18.0 Å². The quantitative estimate of drug-likeness (QED) is 0.465. The van der Waals surface area contributed by atoms with Crippen molar-refractivity contribution in [2.75, 3.05) is 13.1 Å². The van der Waals surface area contributed by atoms with Crippen molar-refractivity contribution in [1.29, 1.82) is 0 Å². The maximum Gasteiger partial charge on any atom is 0.414 e. The van der Waals surface area contributed by atoms with Gasteiger partial charge in [-0.05, 0) is 54.7 Å². The standard InChI is InChI=1S/C28H27N3O6/c32-27(33)24-17-31(28(34)36-22-11-5-2-6-12-22)16-21(24)14-19-8-7-13-23(15-19)35-18-25-29-26(37-30-25)20-9-3-1-4-10-20/h1-5,7-11,13,15,21,24H,6,12,14,16-18H2,(H,32,33)/t21-,24+/m1/s1. The first-order chi connectivity index (χ1) is 18.0. The van der Waals surface area contributed by atoms with Crippen LogP contribution in [-0.4, -0.2) is 45.3 Å². The predicted molar refractivity (Wildman–Crippen MR) is 133 cm³/mol. The second-order valence-electron chi connectivity index (χ2n) is 9.10. The predicted octanol–water partition coefficient (Wildman–Crippen LogP) is 4.86. The number of nitrogens with zero attached hydrogens (tertiary/aromatic N) is 3. The van der Waals surface area contributed by atoms with Crippen LogP contribution in [0, 0.1) is 11.8 Å². The Hall–Kier alpha value is -4.40. The molecule has 9 nitrogen and oxygen atoms in total. The Bertz CT molecular complexity index is 1320. The molecule has 1 aliphatic heterocycles. The molecule has 0 saturated carbocycles. The van der Waals surface area contributed by atoms with Crippen molar-refractivity contribution < 1.29 is 28.7 Å². The summed E-state index contributed by atoms with van der Waals surface area (Å²) in [6.07, 6.45) is 7.10. The van der Waals surface area contributed by atoms with Crippen LogP contribution < -0.4 is 4.74 Å². The molecular formula is C28H27N3O6. The van der Waals surface area contributed by atoms with Crippen LogP contribution in [0.3, 0.4) is 0 Å². The number of carboxylic acids is 1. The number of carbonyl (C=O) groups is 2. The van der Waals surface area contributed by atoms with Gasteiger partial charge in [-0.15, -0.1) is 0 Å². The minimum Gasteiger partial charge on any atom is -0.485 e. The molecule has 190 valence electrons. The van der Waals surface area contributed by atoms with E-state index >= 15 is 0 Å². The smallest absolute Gasteiger partial charge is 0.414 e. The van der Waals surface area contributed by atoms with E-state index in [1.807, 2.05) is 66.7 Å². The summed E-state index contributed by atoms with van der Waals surface area (Å²) in [5, 5.41) is 13.8. The van der Waals surface area contributed by atoms with Crippen LogP contribution in [0.25, 0.3) is 11.5 Å². The number of hydrogen-bond donors (Lipinski definition) is 1. The fourth-order valence-corrected chi connectivity index (χ4v) is 4.57. The van der Waals surface area contributed by atoms with Crippen molar-refractivity contribution in [2.24, 2.45) is 11.8 Å². The van der Waals surface area contributed by atoms with E-state index in [9.17, 15) is 14.7 Å². The molecule has 0 spiro atoms. The van der Waals surface area contributed by atoms with Gasteiger partial charge < -0.3 is 24.0 Å². The van der Waals surface area contributed by atoms with Crippen LogP contribution in [0.2, 0.25) is 0 Å². The molecule has 2 aromatic carbocycles. The number of rotatable bonds is 8. The molecule has 0 unspecified atom stereocenters. The summed E-state index contributed by atoms with van der Waals surface area (Å²) in [5.74, 6) is 0.224. The Balaban J connectivity index is 1.20. The summed E-state index contributed by atoms with van der Waals surface area (Å²) in [7, 11) is 0. The molecular weight excluding hydrogens is 474 g/mol. The van der Waals surface area contributed by atoms with Crippen molar-refractivity contribution in [1.82, 2.24) is 15.0 Å². The summed E-state index contributed by atoms with van der Waals surface area (Å²) in [6, 6.07) is 17.0. The first-order valence-electron chi connectivity index (χ1n) is 12.2. The zero-order valence-corrected chi connectivity index (χ0v) is 20.2. The molecule has 1 saturated heterocycles. The van der Waals surface area contributed by atoms with Gasteiger partial charge in [-0.2, -0.15) is 4.98 Å². The molecule has 1 amide bonds. The molecule has 2 atom stereocenters. The molecule has 9 heteroatoms. The third kappa shape index (κ3) is 6.06. The van der Waals surface area contributed by atoms with E-state index in [4.69, 9.17) is 14.0 Å². The lowest BCUT2D eigenvalue weighted by atomic mass is 9.90. The normalized spacial score (nSPS) is 18.9. The van der Waals surface area contributed by atoms with Crippen LogP contribution in [0.1, 0.15) is 24.2 Å². The number of carboxylic acid groups (broad SMARTS) is 1. The zero-order valence-electron chi connectivity index (χ0n) is 20.2. The third-order valence-electron chi connectivity index (χ3n) is 6.46. The minimum atomic E-state index is -0.918. The van der Waals surface area contributed by atoms with Gasteiger partial charge in [0.1, 0.15) is 11.5 Å². The lowest BCUT2D eigenvalue weighted by Gasteiger charge is -2.18. The molecule has 1 N–H and O–H groups in total. The van der Waals surface area contributed by atoms with E-state index in [2.05, 4.69) is 10.1 Å². The molecule has 3 aromatic rings. The van der Waals surface area contributed by atoms with E-state index in [1.165, 1.54) is 4.90 Å². The summed E-state index contributed by atoms with van der Waals surface area (Å²) >= 11 is 0. The Labute approximate surface area is 214 Å². The maximum atomic E-state index is 12.7. The molecule has 1 aliphatic carbocycles. The number of hydrogen-bond acceptors (Lipinski definition) is 7. The van der Waals surface area contributed by atoms with Gasteiger partial charge >= 0.3 is 12.1 Å². The summed E-state index contributed by atoms with van der Waals surface area (Å²) in [4.78, 5) is 30.5. The van der Waals surface area contributed by atoms with Crippen molar-refractivity contribution in [2.45, 2.75) is 25.9 Å². The molecule has 5 rings (SSSR count). The number of carbonyl (C=O) groups excluding carboxylic acids is 1. The van der Waals surface area contributed by atoms with Crippen molar-refractivity contribution in [3.8, 4) is 17.2 Å². The van der Waals surface area contributed by atoms with Gasteiger partial charge in [0.05, 0.1) is 5.92 Å². The van der Waals surface area contributed by atoms with E-state index in [1.54, 1.807) is 6.08 Å². The minimum absolute atomic E-state index is 0.125. The number of ether oxygens (including phenoxy) is 2. The summed E-state index contributed by atoms with van der Waals surface area (Å²) in [5.41, 5.74) is 1.75. The summed E-state index contributed by atoms with van der Waals surface area (Å²) < 4.78 is 16.7. The van der Waals surface area contributed by atoms with Crippen molar-refractivity contribution >= 4 is 12.1 Å². The van der Waals surface area contributed by atoms with Gasteiger partial charge in [-0.25, -0.2) is 4.79 Å². The second kappa shape index (κ2) is 11.1. The van der Waals surface area contributed by atoms with Crippen LogP contribution >= 0.6 is 0 Å². The highest BCUT2D eigenvalue weighted by molar-refractivity contribution is 5.75. The largest absolute Gasteiger partial charge is 0.485 e. The Kier molecular flexibility index (Phi) is 7.30. The topological polar surface area (TPSA) is 115 Å². The molecule has 0 bridgehead atoms. The lowest BCUT2D eigenvalue weighted by Crippen LogP contribution is -2.30. The number of allylic oxidation sites excluding steroid dienone is 4. The lowest BCUT2D eigenvalue weighted by molar-refractivity contribution is -0.142. The first kappa shape index (κ1) is 24.3. The Morgan fingerprint density at radius 1 is 1.11 bits per heavy atom. The van der Waals surface area contributed by atoms with Gasteiger partial charge in [-0.1, -0.05) is 47.6 Å². The average Bonchev–Trinajstić information content (AvgIpc) is 3.57. The van der Waals surface area contributed by atoms with Crippen molar-refractivity contribution in [3.63, 3.8) is 0 Å². The highest BCUT2D eigenvalue weighted by Crippen LogP contribution is 2.30. The zero-order chi connectivity index (χ0) is 25.6. The third-order valence-corrected chi connectivity index (χ3v) is 6.46. The van der Waals surface area contributed by atoms with Gasteiger partial charge in [0.25, 0.3) is 5.89 Å². The fraction of sp³-hybridized carbons (Fsp3) is 0.286. The van der Waals surface area contributed by atoms with Crippen LogP contribution in [0.5, 0.6) is 5.75 Å². The van der Waals surface area contributed by atoms with Gasteiger partial charge in [0.2, 0.25) is 5.82 Å².